The summed E-state index contributed by atoms with van der Waals surface area (Å²) in [5, 5.41) is 5.32. The average molecular weight is 495 g/mol. The maximum Gasteiger partial charge on any atom is 0.225 e. The number of carbonyl (C=O) groups is 1. The lowest BCUT2D eigenvalue weighted by Crippen LogP contribution is -2.46. The second-order valence-corrected chi connectivity index (χ2v) is 9.99. The van der Waals surface area contributed by atoms with Crippen LogP contribution in [0.3, 0.4) is 0 Å². The predicted octanol–water partition coefficient (Wildman–Crippen LogP) is 4.60. The minimum Gasteiger partial charge on any atom is -0.342 e. The molecule has 30 heavy (non-hydrogen) atoms. The summed E-state index contributed by atoms with van der Waals surface area (Å²) in [4.78, 5) is 22.0. The van der Waals surface area contributed by atoms with Crippen LogP contribution in [0.2, 0.25) is 5.02 Å². The Kier molecular flexibility index (Phi) is 6.80. The first-order valence-electron chi connectivity index (χ1n) is 10.8. The first-order chi connectivity index (χ1) is 14.4. The normalized spacial score (nSPS) is 21.2. The minimum absolute atomic E-state index is 0.167. The maximum absolute atomic E-state index is 12.9. The molecule has 2 aliphatic rings. The van der Waals surface area contributed by atoms with Crippen LogP contribution in [-0.2, 0) is 11.5 Å². The molecule has 1 atom stereocenters. The third kappa shape index (κ3) is 4.89. The van der Waals surface area contributed by atoms with Crippen molar-refractivity contribution in [2.75, 3.05) is 26.2 Å². The number of likely N-dealkylation sites (tertiary alicyclic amines) is 2. The highest BCUT2D eigenvalue weighted by Crippen LogP contribution is 2.29. The van der Waals surface area contributed by atoms with Gasteiger partial charge in [0.25, 0.3) is 0 Å². The number of carbonyl (C=O) groups excluding carboxylic acids is 1. The molecule has 0 N–H and O–H groups in total. The van der Waals surface area contributed by atoms with Crippen LogP contribution in [0.4, 0.5) is 0 Å². The molecular weight excluding hydrogens is 466 g/mol. The van der Waals surface area contributed by atoms with Gasteiger partial charge in [-0.25, -0.2) is 9.67 Å². The molecule has 0 bridgehead atoms. The van der Waals surface area contributed by atoms with Crippen molar-refractivity contribution in [3.63, 3.8) is 0 Å². The molecular formula is C22H29BrClN5O. The van der Waals surface area contributed by atoms with E-state index in [1.165, 1.54) is 6.42 Å². The number of amides is 1. The van der Waals surface area contributed by atoms with E-state index in [2.05, 4.69) is 42.7 Å². The van der Waals surface area contributed by atoms with Crippen LogP contribution in [-0.4, -0.2) is 56.7 Å². The Labute approximate surface area is 191 Å². The van der Waals surface area contributed by atoms with Crippen molar-refractivity contribution in [3.8, 4) is 11.4 Å². The van der Waals surface area contributed by atoms with E-state index in [1.807, 2.05) is 29.8 Å². The summed E-state index contributed by atoms with van der Waals surface area (Å²) in [7, 11) is 0. The molecule has 1 aromatic carbocycles. The van der Waals surface area contributed by atoms with Gasteiger partial charge >= 0.3 is 0 Å². The van der Waals surface area contributed by atoms with Gasteiger partial charge in [0.05, 0.1) is 11.7 Å². The smallest absolute Gasteiger partial charge is 0.225 e. The molecule has 1 amide bonds. The zero-order valence-corrected chi connectivity index (χ0v) is 20.0. The number of hydrogen-bond acceptors (Lipinski definition) is 4. The second-order valence-electron chi connectivity index (χ2n) is 8.67. The molecule has 2 aliphatic heterocycles. The third-order valence-corrected chi connectivity index (χ3v) is 7.07. The van der Waals surface area contributed by atoms with Crippen molar-refractivity contribution in [2.45, 2.75) is 46.2 Å². The van der Waals surface area contributed by atoms with Crippen LogP contribution in [0.25, 0.3) is 11.4 Å². The highest BCUT2D eigenvalue weighted by Gasteiger charge is 2.30. The van der Waals surface area contributed by atoms with E-state index in [0.29, 0.717) is 29.3 Å². The predicted molar refractivity (Wildman–Crippen MR) is 122 cm³/mol. The number of benzene rings is 1. The summed E-state index contributed by atoms with van der Waals surface area (Å²) >= 11 is 9.80. The number of piperidine rings is 2. The van der Waals surface area contributed by atoms with Gasteiger partial charge in [-0.15, -0.1) is 5.10 Å². The molecule has 2 aromatic rings. The number of halogens is 2. The Hall–Kier alpha value is -1.44. The van der Waals surface area contributed by atoms with Crippen LogP contribution in [0, 0.1) is 18.8 Å². The SMILES string of the molecule is Cc1nc(-c2ccc(Br)cc2Cl)nn1CN1CCC(C(=O)N2CCC[C@H](C)C2)CC1. The summed E-state index contributed by atoms with van der Waals surface area (Å²) in [6.07, 6.45) is 4.22. The van der Waals surface area contributed by atoms with Crippen molar-refractivity contribution in [1.29, 1.82) is 0 Å². The Bertz CT molecular complexity index is 909. The Morgan fingerprint density at radius 3 is 2.70 bits per heavy atom. The van der Waals surface area contributed by atoms with Crippen molar-refractivity contribution in [2.24, 2.45) is 11.8 Å². The standard InChI is InChI=1S/C22H29BrClN5O/c1-15-4-3-9-28(13-15)22(30)17-7-10-27(11-8-17)14-29-16(2)25-21(26-29)19-6-5-18(23)12-20(19)24/h5-6,12,15,17H,3-4,7-11,13-14H2,1-2H3/t15-/m0/s1. The Balaban J connectivity index is 1.35. The van der Waals surface area contributed by atoms with Gasteiger partial charge in [0.1, 0.15) is 5.82 Å². The number of nitrogens with zero attached hydrogens (tertiary/aromatic N) is 5. The summed E-state index contributed by atoms with van der Waals surface area (Å²) in [6.45, 7) is 8.59. The maximum atomic E-state index is 12.9. The fourth-order valence-corrected chi connectivity index (χ4v) is 5.26. The molecule has 4 rings (SSSR count). The van der Waals surface area contributed by atoms with Gasteiger partial charge in [-0.2, -0.15) is 0 Å². The zero-order valence-electron chi connectivity index (χ0n) is 17.7. The van der Waals surface area contributed by atoms with E-state index in [1.54, 1.807) is 0 Å². The van der Waals surface area contributed by atoms with Crippen molar-refractivity contribution in [1.82, 2.24) is 24.6 Å². The second kappa shape index (κ2) is 9.37. The fraction of sp³-hybridized carbons (Fsp3) is 0.591. The largest absolute Gasteiger partial charge is 0.342 e. The molecule has 1 aromatic heterocycles. The van der Waals surface area contributed by atoms with Crippen molar-refractivity contribution < 1.29 is 4.79 Å². The van der Waals surface area contributed by atoms with Gasteiger partial charge in [0.15, 0.2) is 5.82 Å². The van der Waals surface area contributed by atoms with E-state index >= 15 is 0 Å². The van der Waals surface area contributed by atoms with Gasteiger partial charge < -0.3 is 4.90 Å². The minimum atomic E-state index is 0.167. The van der Waals surface area contributed by atoms with Crippen molar-refractivity contribution >= 4 is 33.4 Å². The first kappa shape index (κ1) is 21.8. The number of rotatable bonds is 4. The van der Waals surface area contributed by atoms with Gasteiger partial charge in [0.2, 0.25) is 5.91 Å². The number of aryl methyl sites for hydroxylation is 1. The lowest BCUT2D eigenvalue weighted by molar-refractivity contribution is -0.139. The average Bonchev–Trinajstić information content (AvgIpc) is 3.08. The topological polar surface area (TPSA) is 54.3 Å². The van der Waals surface area contributed by atoms with Crippen LogP contribution >= 0.6 is 27.5 Å². The van der Waals surface area contributed by atoms with E-state index in [4.69, 9.17) is 11.6 Å². The van der Waals surface area contributed by atoms with E-state index in [-0.39, 0.29) is 5.92 Å². The highest BCUT2D eigenvalue weighted by atomic mass is 79.9. The Morgan fingerprint density at radius 2 is 2.00 bits per heavy atom. The Morgan fingerprint density at radius 1 is 1.23 bits per heavy atom. The molecule has 0 saturated carbocycles. The van der Waals surface area contributed by atoms with Gasteiger partial charge in [0, 0.05) is 42.1 Å². The lowest BCUT2D eigenvalue weighted by Gasteiger charge is -2.37. The molecule has 8 heteroatoms. The van der Waals surface area contributed by atoms with Crippen LogP contribution in [0.15, 0.2) is 22.7 Å². The summed E-state index contributed by atoms with van der Waals surface area (Å²) < 4.78 is 2.87. The molecule has 2 fully saturated rings. The molecule has 3 heterocycles. The molecule has 162 valence electrons. The van der Waals surface area contributed by atoms with Crippen molar-refractivity contribution in [3.05, 3.63) is 33.5 Å². The van der Waals surface area contributed by atoms with Crippen LogP contribution in [0.5, 0.6) is 0 Å². The van der Waals surface area contributed by atoms with Crippen LogP contribution in [0.1, 0.15) is 38.4 Å². The van der Waals surface area contributed by atoms with Gasteiger partial charge in [-0.1, -0.05) is 34.5 Å². The first-order valence-corrected chi connectivity index (χ1v) is 12.0. The van der Waals surface area contributed by atoms with E-state index < -0.39 is 0 Å². The molecule has 2 saturated heterocycles. The summed E-state index contributed by atoms with van der Waals surface area (Å²) in [6, 6.07) is 5.74. The van der Waals surface area contributed by atoms with E-state index in [9.17, 15) is 4.79 Å². The summed E-state index contributed by atoms with van der Waals surface area (Å²) in [5.74, 6) is 2.68. The highest BCUT2D eigenvalue weighted by molar-refractivity contribution is 9.10. The monoisotopic (exact) mass is 493 g/mol. The molecule has 6 nitrogen and oxygen atoms in total. The quantitative estimate of drug-likeness (QED) is 0.623. The molecule has 0 aliphatic carbocycles. The zero-order chi connectivity index (χ0) is 21.3. The summed E-state index contributed by atoms with van der Waals surface area (Å²) in [5.41, 5.74) is 0.835. The molecule has 0 radical (unpaired) electrons. The van der Waals surface area contributed by atoms with Crippen LogP contribution < -0.4 is 0 Å². The van der Waals surface area contributed by atoms with Gasteiger partial charge in [-0.05, 0) is 56.7 Å². The fourth-order valence-electron chi connectivity index (χ4n) is 4.50. The lowest BCUT2D eigenvalue weighted by atomic mass is 9.93. The number of hydrogen-bond donors (Lipinski definition) is 0. The van der Waals surface area contributed by atoms with Gasteiger partial charge in [-0.3, -0.25) is 9.69 Å². The molecule has 0 unspecified atom stereocenters. The third-order valence-electron chi connectivity index (χ3n) is 6.27. The van der Waals surface area contributed by atoms with E-state index in [0.717, 1.165) is 61.3 Å². The molecule has 0 spiro atoms. The number of aromatic nitrogens is 3.